The first-order chi connectivity index (χ1) is 19.1. The maximum Gasteiger partial charge on any atom is 0.459 e. The van der Waals surface area contributed by atoms with E-state index in [1.807, 2.05) is 11.2 Å². The number of esters is 1. The van der Waals surface area contributed by atoms with E-state index in [1.54, 1.807) is 25.1 Å². The summed E-state index contributed by atoms with van der Waals surface area (Å²) in [6.45, 7) is 0.710. The summed E-state index contributed by atoms with van der Waals surface area (Å²) in [7, 11) is -4.52. The zero-order chi connectivity index (χ0) is 29.3. The molecule has 3 rings (SSSR count). The Balaban J connectivity index is 1.94. The number of benzene rings is 1. The zero-order valence-corrected chi connectivity index (χ0v) is 23.2. The Kier molecular flexibility index (Phi) is 11.0. The summed E-state index contributed by atoms with van der Waals surface area (Å²) in [6.07, 6.45) is -2.47. The van der Waals surface area contributed by atoms with E-state index in [2.05, 4.69) is 15.1 Å². The summed E-state index contributed by atoms with van der Waals surface area (Å²) in [5.41, 5.74) is 5.10. The van der Waals surface area contributed by atoms with Crippen LogP contribution in [-0.2, 0) is 23.4 Å². The molecule has 2 heterocycles. The van der Waals surface area contributed by atoms with Gasteiger partial charge in [-0.1, -0.05) is 23.3 Å². The lowest BCUT2D eigenvalue weighted by Crippen LogP contribution is -2.46. The van der Waals surface area contributed by atoms with Gasteiger partial charge in [-0.15, -0.1) is 0 Å². The summed E-state index contributed by atoms with van der Waals surface area (Å²) in [6, 6.07) is 7.69. The Morgan fingerprint density at radius 2 is 2.08 bits per heavy atom. The number of aromatic amines is 1. The van der Waals surface area contributed by atoms with Gasteiger partial charge in [0.05, 0.1) is 13.2 Å². The number of nitrogens with one attached hydrogen (secondary N) is 2. The summed E-state index contributed by atoms with van der Waals surface area (Å²) >= 11 is 1.43. The van der Waals surface area contributed by atoms with E-state index in [9.17, 15) is 34.7 Å². The van der Waals surface area contributed by atoms with Crippen LogP contribution in [0, 0.1) is 0 Å². The Hall–Kier alpha value is -3.14. The highest BCUT2D eigenvalue weighted by Crippen LogP contribution is 2.48. The van der Waals surface area contributed by atoms with Crippen LogP contribution in [0.4, 0.5) is 0 Å². The summed E-state index contributed by atoms with van der Waals surface area (Å²) in [5.74, 6) is -0.144. The van der Waals surface area contributed by atoms with Gasteiger partial charge in [0.15, 0.2) is 6.23 Å². The minimum atomic E-state index is -4.52. The fraction of sp³-hybridized carbons (Fsp3) is 0.500. The van der Waals surface area contributed by atoms with Crippen molar-refractivity contribution in [3.63, 3.8) is 0 Å². The summed E-state index contributed by atoms with van der Waals surface area (Å²) < 4.78 is 36.6. The van der Waals surface area contributed by atoms with E-state index in [1.165, 1.54) is 23.9 Å². The van der Waals surface area contributed by atoms with Crippen LogP contribution in [0.3, 0.4) is 0 Å². The van der Waals surface area contributed by atoms with Gasteiger partial charge >= 0.3 is 19.4 Å². The van der Waals surface area contributed by atoms with Crippen LogP contribution in [0.5, 0.6) is 5.75 Å². The van der Waals surface area contributed by atoms with Gasteiger partial charge in [0, 0.05) is 17.2 Å². The van der Waals surface area contributed by atoms with Crippen LogP contribution >= 0.6 is 19.5 Å². The van der Waals surface area contributed by atoms with E-state index in [-0.39, 0.29) is 18.8 Å². The maximum atomic E-state index is 14.0. The van der Waals surface area contributed by atoms with E-state index in [0.29, 0.717) is 5.75 Å². The molecule has 2 aromatic rings. The SMILES string of the molecule is CCOC(=O)[C@H](CCSC)NP(=O)(OC[C@@]1(N=[N+]=[N-])O[C@@H](n2ccc(=O)[nH]c2=O)[C@@H](O)[C@H]1O)Oc1ccccc1. The van der Waals surface area contributed by atoms with Crippen LogP contribution in [0.2, 0.25) is 0 Å². The average molecular weight is 601 g/mol. The second-order valence-electron chi connectivity index (χ2n) is 8.39. The van der Waals surface area contributed by atoms with Gasteiger partial charge in [0.1, 0.15) is 24.0 Å². The first-order valence-electron chi connectivity index (χ1n) is 11.9. The van der Waals surface area contributed by atoms with Crippen molar-refractivity contribution in [3.8, 4) is 5.75 Å². The van der Waals surface area contributed by atoms with Crippen LogP contribution in [0.25, 0.3) is 10.4 Å². The van der Waals surface area contributed by atoms with Crippen LogP contribution in [0.15, 0.2) is 57.3 Å². The number of carbonyl (C=O) groups excluding carboxylic acids is 1. The number of aliphatic hydroxyl groups is 2. The molecule has 1 aromatic heterocycles. The first kappa shape index (κ1) is 31.4. The fourth-order valence-electron chi connectivity index (χ4n) is 3.72. The quantitative estimate of drug-likeness (QED) is 0.0790. The minimum Gasteiger partial charge on any atom is -0.465 e. The molecule has 40 heavy (non-hydrogen) atoms. The second kappa shape index (κ2) is 14.0. The molecule has 0 radical (unpaired) electrons. The lowest BCUT2D eigenvalue weighted by molar-refractivity contribution is -0.145. The van der Waals surface area contributed by atoms with Gasteiger partial charge in [0.25, 0.3) is 5.56 Å². The number of hydrogen-bond acceptors (Lipinski definition) is 12. The number of aromatic nitrogens is 2. The molecule has 18 heteroatoms. The zero-order valence-electron chi connectivity index (χ0n) is 21.5. The van der Waals surface area contributed by atoms with E-state index >= 15 is 0 Å². The first-order valence-corrected chi connectivity index (χ1v) is 14.9. The number of nitrogens with zero attached hydrogens (tertiary/aromatic N) is 4. The summed E-state index contributed by atoms with van der Waals surface area (Å²) in [4.78, 5) is 41.0. The molecule has 218 valence electrons. The third-order valence-electron chi connectivity index (χ3n) is 5.65. The van der Waals surface area contributed by atoms with Crippen LogP contribution in [0.1, 0.15) is 19.6 Å². The third kappa shape index (κ3) is 7.53. The van der Waals surface area contributed by atoms with Crippen molar-refractivity contribution in [2.24, 2.45) is 5.11 Å². The predicted octanol–water partition coefficient (Wildman–Crippen LogP) is 1.27. The number of para-hydroxylation sites is 1. The lowest BCUT2D eigenvalue weighted by atomic mass is 10.1. The van der Waals surface area contributed by atoms with Crippen molar-refractivity contribution in [3.05, 3.63) is 73.9 Å². The molecule has 1 aliphatic rings. The smallest absolute Gasteiger partial charge is 0.459 e. The number of H-pyrrole nitrogens is 1. The van der Waals surface area contributed by atoms with Gasteiger partial charge in [0.2, 0.25) is 5.72 Å². The normalized spacial score (nSPS) is 24.4. The van der Waals surface area contributed by atoms with Gasteiger partial charge < -0.3 is 24.2 Å². The molecule has 1 aromatic carbocycles. The fourth-order valence-corrected chi connectivity index (χ4v) is 5.74. The summed E-state index contributed by atoms with van der Waals surface area (Å²) in [5, 5.41) is 27.5. The topological polar surface area (TPSA) is 227 Å². The molecule has 1 fully saturated rings. The van der Waals surface area contributed by atoms with Crippen molar-refractivity contribution in [1.29, 1.82) is 0 Å². The average Bonchev–Trinajstić information content (AvgIpc) is 3.16. The number of ether oxygens (including phenoxy) is 2. The van der Waals surface area contributed by atoms with Crippen molar-refractivity contribution < 1.29 is 38.1 Å². The molecule has 1 unspecified atom stereocenters. The molecule has 4 N–H and O–H groups in total. The number of hydrogen-bond donors (Lipinski definition) is 4. The molecule has 1 aliphatic heterocycles. The monoisotopic (exact) mass is 600 g/mol. The van der Waals surface area contributed by atoms with E-state index < -0.39 is 61.8 Å². The second-order valence-corrected chi connectivity index (χ2v) is 11.1. The van der Waals surface area contributed by atoms with Crippen LogP contribution < -0.4 is 20.9 Å². The highest BCUT2D eigenvalue weighted by molar-refractivity contribution is 7.98. The molecule has 0 amide bonds. The number of azide groups is 1. The van der Waals surface area contributed by atoms with Gasteiger partial charge in [-0.25, -0.2) is 9.36 Å². The largest absolute Gasteiger partial charge is 0.465 e. The number of aliphatic hydroxyl groups excluding tert-OH is 2. The Labute approximate surface area is 231 Å². The molecule has 6 atom stereocenters. The Morgan fingerprint density at radius 1 is 1.35 bits per heavy atom. The molecule has 0 bridgehead atoms. The molecule has 16 nitrogen and oxygen atoms in total. The number of carbonyl (C=O) groups is 1. The highest BCUT2D eigenvalue weighted by Gasteiger charge is 2.56. The minimum absolute atomic E-state index is 0.0599. The molecule has 0 spiro atoms. The van der Waals surface area contributed by atoms with Crippen LogP contribution in [-0.4, -0.2) is 74.9 Å². The van der Waals surface area contributed by atoms with Crippen molar-refractivity contribution in [1.82, 2.24) is 14.6 Å². The van der Waals surface area contributed by atoms with Gasteiger partial charge in [-0.2, -0.15) is 16.8 Å². The molecular formula is C22H29N6O10PS. The Morgan fingerprint density at radius 3 is 2.70 bits per heavy atom. The highest BCUT2D eigenvalue weighted by atomic mass is 32.2. The van der Waals surface area contributed by atoms with Gasteiger partial charge in [-0.3, -0.25) is 23.7 Å². The molecular weight excluding hydrogens is 571 g/mol. The lowest BCUT2D eigenvalue weighted by Gasteiger charge is -2.30. The molecule has 1 saturated heterocycles. The van der Waals surface area contributed by atoms with Crippen molar-refractivity contribution in [2.45, 2.75) is 43.5 Å². The number of thioether (sulfide) groups is 1. The standard InChI is InChI=1S/C22H29N6O10PS/c1-3-35-20(32)15(10-12-40-2)25-39(34,38-14-7-5-4-6-8-14)36-13-22(26-27-23)18(31)17(30)19(37-22)28-11-9-16(29)24-21(28)33/h4-9,11,15,17-19,30-31H,3,10,12-13H2,1-2H3,(H,25,34)(H,24,29,33)/t15-,17-,18+,19+,22+,39?/m0/s1. The third-order valence-corrected chi connectivity index (χ3v) is 7.84. The van der Waals surface area contributed by atoms with E-state index in [0.717, 1.165) is 16.8 Å². The van der Waals surface area contributed by atoms with Gasteiger partial charge in [-0.05, 0) is 43.0 Å². The van der Waals surface area contributed by atoms with Crippen molar-refractivity contribution >= 4 is 25.5 Å². The van der Waals surface area contributed by atoms with Crippen molar-refractivity contribution in [2.75, 3.05) is 25.2 Å². The van der Waals surface area contributed by atoms with E-state index in [4.69, 9.17) is 18.5 Å². The maximum absolute atomic E-state index is 14.0. The Bertz CT molecular complexity index is 1370. The molecule has 0 saturated carbocycles. The predicted molar refractivity (Wildman–Crippen MR) is 143 cm³/mol. The molecule has 0 aliphatic carbocycles. The number of rotatable bonds is 14.